The van der Waals surface area contributed by atoms with E-state index >= 15 is 0 Å². The smallest absolute Gasteiger partial charge is 0.305 e. The molecule has 0 saturated carbocycles. The first-order chi connectivity index (χ1) is 8.22. The number of carbonyl (C=O) groups is 1. The number of hydrogen-bond donors (Lipinski definition) is 1. The highest BCUT2D eigenvalue weighted by Crippen LogP contribution is 2.09. The standard InChI is InChI=1S/C12H17ClN2O2/c1-17-12(16)5-3-2-4-8-14-11-7-6-10(13)9-15-11/h6-7,9H,2-5,8H2,1H3,(H,14,15). The molecule has 1 aromatic heterocycles. The van der Waals surface area contributed by atoms with Crippen molar-refractivity contribution in [1.29, 1.82) is 0 Å². The van der Waals surface area contributed by atoms with Crippen LogP contribution in [0, 0.1) is 0 Å². The van der Waals surface area contributed by atoms with Crippen LogP contribution in [0.15, 0.2) is 18.3 Å². The molecule has 0 aromatic carbocycles. The number of methoxy groups -OCH3 is 1. The van der Waals surface area contributed by atoms with E-state index < -0.39 is 0 Å². The van der Waals surface area contributed by atoms with Gasteiger partial charge < -0.3 is 10.1 Å². The average Bonchev–Trinajstić information content (AvgIpc) is 2.35. The van der Waals surface area contributed by atoms with Crippen LogP contribution in [0.2, 0.25) is 5.02 Å². The van der Waals surface area contributed by atoms with Crippen LogP contribution in [0.1, 0.15) is 25.7 Å². The number of nitrogens with one attached hydrogen (secondary N) is 1. The van der Waals surface area contributed by atoms with Gasteiger partial charge in [0.1, 0.15) is 5.82 Å². The molecule has 0 radical (unpaired) electrons. The number of aromatic nitrogens is 1. The second-order valence-corrected chi connectivity index (χ2v) is 4.11. The maximum absolute atomic E-state index is 10.8. The van der Waals surface area contributed by atoms with Crippen LogP contribution >= 0.6 is 11.6 Å². The lowest BCUT2D eigenvalue weighted by Gasteiger charge is -2.05. The van der Waals surface area contributed by atoms with E-state index in [1.54, 1.807) is 12.3 Å². The number of nitrogens with zero attached hydrogens (tertiary/aromatic N) is 1. The van der Waals surface area contributed by atoms with Crippen molar-refractivity contribution >= 4 is 23.4 Å². The Morgan fingerprint density at radius 2 is 2.24 bits per heavy atom. The molecule has 0 atom stereocenters. The van der Waals surface area contributed by atoms with Crippen LogP contribution < -0.4 is 5.32 Å². The summed E-state index contributed by atoms with van der Waals surface area (Å²) in [5, 5.41) is 3.82. The van der Waals surface area contributed by atoms with E-state index in [2.05, 4.69) is 15.0 Å². The van der Waals surface area contributed by atoms with Gasteiger partial charge in [-0.1, -0.05) is 18.0 Å². The zero-order chi connectivity index (χ0) is 12.5. The van der Waals surface area contributed by atoms with Gasteiger partial charge in [0, 0.05) is 19.2 Å². The molecule has 0 fully saturated rings. The van der Waals surface area contributed by atoms with E-state index in [0.717, 1.165) is 31.6 Å². The Balaban J connectivity index is 2.04. The maximum Gasteiger partial charge on any atom is 0.305 e. The van der Waals surface area contributed by atoms with E-state index in [4.69, 9.17) is 11.6 Å². The number of esters is 1. The quantitative estimate of drug-likeness (QED) is 0.602. The van der Waals surface area contributed by atoms with Crippen LogP contribution in [-0.4, -0.2) is 24.6 Å². The maximum atomic E-state index is 10.8. The Bertz CT molecular complexity index is 341. The molecular formula is C12H17ClN2O2. The van der Waals surface area contributed by atoms with Crippen LogP contribution in [0.3, 0.4) is 0 Å². The van der Waals surface area contributed by atoms with Gasteiger partial charge in [0.05, 0.1) is 12.1 Å². The van der Waals surface area contributed by atoms with Gasteiger partial charge in [-0.25, -0.2) is 4.98 Å². The highest BCUT2D eigenvalue weighted by Gasteiger charge is 1.99. The molecule has 0 bridgehead atoms. The van der Waals surface area contributed by atoms with E-state index in [1.165, 1.54) is 7.11 Å². The molecule has 5 heteroatoms. The molecular weight excluding hydrogens is 240 g/mol. The highest BCUT2D eigenvalue weighted by atomic mass is 35.5. The number of carbonyl (C=O) groups excluding carboxylic acids is 1. The first kappa shape index (κ1) is 13.8. The third kappa shape index (κ3) is 6.12. The highest BCUT2D eigenvalue weighted by molar-refractivity contribution is 6.30. The number of anilines is 1. The van der Waals surface area contributed by atoms with Gasteiger partial charge in [-0.2, -0.15) is 0 Å². The Hall–Kier alpha value is -1.29. The molecule has 0 unspecified atom stereocenters. The van der Waals surface area contributed by atoms with Crippen molar-refractivity contribution in [1.82, 2.24) is 4.98 Å². The van der Waals surface area contributed by atoms with Crippen molar-refractivity contribution in [2.24, 2.45) is 0 Å². The second kappa shape index (κ2) is 7.90. The molecule has 1 heterocycles. The van der Waals surface area contributed by atoms with Crippen LogP contribution in [0.4, 0.5) is 5.82 Å². The molecule has 17 heavy (non-hydrogen) atoms. The van der Waals surface area contributed by atoms with Crippen molar-refractivity contribution in [2.45, 2.75) is 25.7 Å². The summed E-state index contributed by atoms with van der Waals surface area (Å²) in [6.45, 7) is 0.843. The van der Waals surface area contributed by atoms with Crippen molar-refractivity contribution < 1.29 is 9.53 Å². The van der Waals surface area contributed by atoms with E-state index in [0.29, 0.717) is 11.4 Å². The normalized spacial score (nSPS) is 10.0. The summed E-state index contributed by atoms with van der Waals surface area (Å²) in [5.41, 5.74) is 0. The average molecular weight is 257 g/mol. The summed E-state index contributed by atoms with van der Waals surface area (Å²) < 4.78 is 4.56. The van der Waals surface area contributed by atoms with Crippen molar-refractivity contribution in [3.05, 3.63) is 23.4 Å². The second-order valence-electron chi connectivity index (χ2n) is 3.68. The molecule has 1 rings (SSSR count). The predicted octanol–water partition coefficient (Wildman–Crippen LogP) is 2.88. The van der Waals surface area contributed by atoms with E-state index in [1.807, 2.05) is 6.07 Å². The zero-order valence-electron chi connectivity index (χ0n) is 9.91. The zero-order valence-corrected chi connectivity index (χ0v) is 10.7. The summed E-state index contributed by atoms with van der Waals surface area (Å²) in [5.74, 6) is 0.680. The number of pyridine rings is 1. The Morgan fingerprint density at radius 3 is 2.88 bits per heavy atom. The Kier molecular flexibility index (Phi) is 6.40. The Labute approximate surface area is 106 Å². The fraction of sp³-hybridized carbons (Fsp3) is 0.500. The van der Waals surface area contributed by atoms with Gasteiger partial charge in [0.2, 0.25) is 0 Å². The van der Waals surface area contributed by atoms with Crippen LogP contribution in [0.25, 0.3) is 0 Å². The molecule has 0 aliphatic carbocycles. The van der Waals surface area contributed by atoms with Gasteiger partial charge in [0.25, 0.3) is 0 Å². The predicted molar refractivity (Wildman–Crippen MR) is 68.2 cm³/mol. The van der Waals surface area contributed by atoms with Crippen molar-refractivity contribution in [3.8, 4) is 0 Å². The number of rotatable bonds is 7. The summed E-state index contributed by atoms with van der Waals surface area (Å²) in [7, 11) is 1.41. The SMILES string of the molecule is COC(=O)CCCCCNc1ccc(Cl)cn1. The fourth-order valence-electron chi connectivity index (χ4n) is 1.37. The minimum absolute atomic E-state index is 0.141. The molecule has 0 aliphatic heterocycles. The summed E-state index contributed by atoms with van der Waals surface area (Å²) in [6.07, 6.45) is 4.97. The number of hydrogen-bond acceptors (Lipinski definition) is 4. The Morgan fingerprint density at radius 1 is 1.41 bits per heavy atom. The van der Waals surface area contributed by atoms with Crippen molar-refractivity contribution in [2.75, 3.05) is 19.0 Å². The third-order valence-electron chi connectivity index (χ3n) is 2.32. The van der Waals surface area contributed by atoms with E-state index in [9.17, 15) is 4.79 Å². The fourth-order valence-corrected chi connectivity index (χ4v) is 1.48. The molecule has 0 amide bonds. The van der Waals surface area contributed by atoms with Gasteiger partial charge in [-0.15, -0.1) is 0 Å². The lowest BCUT2D eigenvalue weighted by atomic mass is 10.2. The molecule has 1 N–H and O–H groups in total. The minimum atomic E-state index is -0.141. The number of ether oxygens (including phenoxy) is 1. The van der Waals surface area contributed by atoms with Gasteiger partial charge in [-0.05, 0) is 25.0 Å². The first-order valence-corrected chi connectivity index (χ1v) is 6.02. The molecule has 0 spiro atoms. The molecule has 0 aliphatic rings. The summed E-state index contributed by atoms with van der Waals surface area (Å²) >= 11 is 5.72. The molecule has 1 aromatic rings. The summed E-state index contributed by atoms with van der Waals surface area (Å²) in [4.78, 5) is 15.0. The van der Waals surface area contributed by atoms with Gasteiger partial charge >= 0.3 is 5.97 Å². The first-order valence-electron chi connectivity index (χ1n) is 5.64. The van der Waals surface area contributed by atoms with Gasteiger partial charge in [-0.3, -0.25) is 4.79 Å². The lowest BCUT2D eigenvalue weighted by molar-refractivity contribution is -0.140. The number of halogens is 1. The molecule has 0 saturated heterocycles. The monoisotopic (exact) mass is 256 g/mol. The van der Waals surface area contributed by atoms with Crippen LogP contribution in [-0.2, 0) is 9.53 Å². The van der Waals surface area contributed by atoms with Crippen LogP contribution in [0.5, 0.6) is 0 Å². The van der Waals surface area contributed by atoms with Gasteiger partial charge in [0.15, 0.2) is 0 Å². The largest absolute Gasteiger partial charge is 0.469 e. The molecule has 94 valence electrons. The molecule has 4 nitrogen and oxygen atoms in total. The van der Waals surface area contributed by atoms with Crippen molar-refractivity contribution in [3.63, 3.8) is 0 Å². The minimum Gasteiger partial charge on any atom is -0.469 e. The number of unbranched alkanes of at least 4 members (excludes halogenated alkanes) is 2. The van der Waals surface area contributed by atoms with E-state index in [-0.39, 0.29) is 5.97 Å². The third-order valence-corrected chi connectivity index (χ3v) is 2.54. The topological polar surface area (TPSA) is 51.2 Å². The lowest BCUT2D eigenvalue weighted by Crippen LogP contribution is -2.04. The summed E-state index contributed by atoms with van der Waals surface area (Å²) in [6, 6.07) is 3.64.